The van der Waals surface area contributed by atoms with E-state index in [4.69, 9.17) is 0 Å². The Morgan fingerprint density at radius 2 is 0.613 bits per heavy atom. The minimum atomic E-state index is -0.286. The summed E-state index contributed by atoms with van der Waals surface area (Å²) in [6, 6.07) is 101. The molecule has 0 saturated carbocycles. The third kappa shape index (κ3) is 7.71. The van der Waals surface area contributed by atoms with Gasteiger partial charge < -0.3 is 28.1 Å². The van der Waals surface area contributed by atoms with Gasteiger partial charge in [-0.3, -0.25) is 0 Å². The van der Waals surface area contributed by atoms with Crippen LogP contribution in [-0.2, 0) is 5.41 Å². The third-order valence-corrected chi connectivity index (χ3v) is 20.4. The predicted molar refractivity (Wildman–Crippen MR) is 395 cm³/mol. The molecule has 0 fully saturated rings. The number of aryl methyl sites for hydroxylation is 4. The molecule has 442 valence electrons. The highest BCUT2D eigenvalue weighted by molar-refractivity contribution is 7.00. The summed E-state index contributed by atoms with van der Waals surface area (Å²) in [4.78, 5) is 5.39. The van der Waals surface area contributed by atoms with Crippen LogP contribution < -0.4 is 26.2 Å². The van der Waals surface area contributed by atoms with E-state index in [2.05, 4.69) is 343 Å². The maximum atomic E-state index is 2.70. The Kier molecular flexibility index (Phi) is 11.3. The van der Waals surface area contributed by atoms with Gasteiger partial charge in [-0.05, 0) is 200 Å². The van der Waals surface area contributed by atoms with Crippen molar-refractivity contribution in [2.24, 2.45) is 0 Å². The summed E-state index contributed by atoms with van der Waals surface area (Å²) >= 11 is 0. The molecule has 6 heterocycles. The highest BCUT2D eigenvalue weighted by Crippen LogP contribution is 2.52. The maximum Gasteiger partial charge on any atom is 0.252 e. The molecule has 0 atom stereocenters. The van der Waals surface area contributed by atoms with Gasteiger partial charge in [0, 0.05) is 88.6 Å². The first-order chi connectivity index (χ1) is 45.4. The first-order valence-corrected chi connectivity index (χ1v) is 32.7. The van der Waals surface area contributed by atoms with Crippen LogP contribution in [0, 0.1) is 27.7 Å². The first kappa shape index (κ1) is 53.6. The average Bonchev–Trinajstić information content (AvgIpc) is 1.44. The molecule has 0 unspecified atom stereocenters. The SMILES string of the molecule is Cc1ccc2c(c1)c1cc(C)cc(N3c4cc(-n5c6ccccc6c6ccccc65)ccc4B4c5ccc(-n6c7ccccc7c7ccccc76)cc5N(c5cc(C)cc6c7cc(C)ccc7n(-c7ccccc7)c56)c5cc(C(C)(C)C)cc3c54)c1n2-c1ccccc1. The van der Waals surface area contributed by atoms with Crippen LogP contribution in [0.3, 0.4) is 0 Å². The molecule has 0 spiro atoms. The fraction of sp³-hybridized carbons (Fsp3) is 0.0930. The molecule has 19 rings (SSSR count). The van der Waals surface area contributed by atoms with E-state index in [1.54, 1.807) is 0 Å². The van der Waals surface area contributed by atoms with Gasteiger partial charge in [-0.1, -0.05) is 165 Å². The summed E-state index contributed by atoms with van der Waals surface area (Å²) in [5, 5.41) is 9.89. The molecule has 2 aliphatic heterocycles. The molecule has 6 nitrogen and oxygen atoms in total. The smallest absolute Gasteiger partial charge is 0.252 e. The van der Waals surface area contributed by atoms with Crippen molar-refractivity contribution in [3.05, 3.63) is 295 Å². The highest BCUT2D eigenvalue weighted by atomic mass is 15.2. The zero-order valence-electron chi connectivity index (χ0n) is 53.2. The zero-order valence-corrected chi connectivity index (χ0v) is 53.2. The first-order valence-electron chi connectivity index (χ1n) is 32.7. The zero-order chi connectivity index (χ0) is 62.3. The number of aromatic nitrogens is 4. The summed E-state index contributed by atoms with van der Waals surface area (Å²) in [5.41, 5.74) is 30.4. The Labute approximate surface area is 540 Å². The lowest BCUT2D eigenvalue weighted by Crippen LogP contribution is -2.61. The van der Waals surface area contributed by atoms with Crippen LogP contribution in [0.25, 0.3) is 110 Å². The van der Waals surface area contributed by atoms with Crippen LogP contribution >= 0.6 is 0 Å². The van der Waals surface area contributed by atoms with Crippen LogP contribution in [0.4, 0.5) is 34.1 Å². The largest absolute Gasteiger partial charge is 0.309 e. The van der Waals surface area contributed by atoms with Crippen LogP contribution in [-0.4, -0.2) is 25.0 Å². The van der Waals surface area contributed by atoms with Crippen LogP contribution in [0.1, 0.15) is 48.6 Å². The van der Waals surface area contributed by atoms with Gasteiger partial charge in [-0.25, -0.2) is 0 Å². The van der Waals surface area contributed by atoms with E-state index in [0.717, 1.165) is 45.5 Å². The van der Waals surface area contributed by atoms with Gasteiger partial charge in [0.25, 0.3) is 6.71 Å². The highest BCUT2D eigenvalue weighted by Gasteiger charge is 2.46. The minimum absolute atomic E-state index is 0.188. The summed E-state index contributed by atoms with van der Waals surface area (Å²) < 4.78 is 10.1. The molecule has 4 aromatic heterocycles. The van der Waals surface area contributed by atoms with E-state index < -0.39 is 0 Å². The number of para-hydroxylation sites is 6. The number of benzene rings is 13. The van der Waals surface area contributed by atoms with Crippen LogP contribution in [0.15, 0.2) is 267 Å². The predicted octanol–water partition coefficient (Wildman–Crippen LogP) is 20.7. The Balaban J connectivity index is 0.995. The monoisotopic (exact) mass is 1190 g/mol. The van der Waals surface area contributed by atoms with E-state index in [1.807, 2.05) is 0 Å². The van der Waals surface area contributed by atoms with Gasteiger partial charge in [-0.15, -0.1) is 0 Å². The number of rotatable bonds is 6. The molecule has 0 radical (unpaired) electrons. The summed E-state index contributed by atoms with van der Waals surface area (Å²) in [6.45, 7) is 16.0. The Bertz CT molecular complexity index is 5580. The molecule has 2 aliphatic rings. The lowest BCUT2D eigenvalue weighted by Gasteiger charge is -2.45. The number of hydrogen-bond donors (Lipinski definition) is 0. The number of nitrogens with zero attached hydrogens (tertiary/aromatic N) is 6. The standard InChI is InChI=1S/C86H65BN6/c1-52-34-40-75-65(42-52)67-44-54(3)46-81(84(67)90(75)57-22-10-8-11-23-57)92-77-50-59(88-71-30-18-14-26-61(71)62-27-15-19-31-72(62)88)36-38-69(77)87-70-39-37-60(89-73-32-20-16-28-63(73)64-29-17-21-33-74(64)89)51-78(70)93(80-49-56(86(5,6)7)48-79(92)83(80)87)82-47-55(4)45-68-66-43-53(2)35-41-76(66)91(85(68)82)58-24-12-9-13-25-58/h8-51H,1-7H3. The average molecular weight is 1190 g/mol. The van der Waals surface area contributed by atoms with Crippen molar-refractivity contribution in [2.75, 3.05) is 9.80 Å². The van der Waals surface area contributed by atoms with E-state index in [0.29, 0.717) is 0 Å². The third-order valence-electron chi connectivity index (χ3n) is 20.4. The summed E-state index contributed by atoms with van der Waals surface area (Å²) in [7, 11) is 0. The van der Waals surface area contributed by atoms with E-state index in [9.17, 15) is 0 Å². The second kappa shape index (κ2) is 19.6. The molecule has 0 aliphatic carbocycles. The van der Waals surface area contributed by atoms with Crippen molar-refractivity contribution in [1.82, 2.24) is 18.3 Å². The van der Waals surface area contributed by atoms with Crippen molar-refractivity contribution >= 4 is 144 Å². The van der Waals surface area contributed by atoms with Gasteiger partial charge in [0.05, 0.1) is 55.5 Å². The van der Waals surface area contributed by atoms with Gasteiger partial charge in [0.2, 0.25) is 0 Å². The number of anilines is 6. The van der Waals surface area contributed by atoms with Crippen molar-refractivity contribution < 1.29 is 0 Å². The molecule has 7 heteroatoms. The molecule has 0 bridgehead atoms. The quantitative estimate of drug-likeness (QED) is 0.155. The topological polar surface area (TPSA) is 26.2 Å². The van der Waals surface area contributed by atoms with Gasteiger partial charge in [0.15, 0.2) is 0 Å². The molecule has 0 saturated heterocycles. The molecule has 93 heavy (non-hydrogen) atoms. The molecule has 0 N–H and O–H groups in total. The Morgan fingerprint density at radius 3 is 1.00 bits per heavy atom. The minimum Gasteiger partial charge on any atom is -0.309 e. The van der Waals surface area contributed by atoms with Crippen molar-refractivity contribution in [3.63, 3.8) is 0 Å². The van der Waals surface area contributed by atoms with E-state index in [-0.39, 0.29) is 12.1 Å². The molecule has 13 aromatic carbocycles. The van der Waals surface area contributed by atoms with Crippen LogP contribution in [0.5, 0.6) is 0 Å². The normalized spacial score (nSPS) is 13.0. The second-order valence-corrected chi connectivity index (χ2v) is 27.3. The number of fused-ring (bicyclic) bond motifs is 16. The van der Waals surface area contributed by atoms with Gasteiger partial charge in [0.1, 0.15) is 0 Å². The fourth-order valence-corrected chi connectivity index (χ4v) is 16.4. The lowest BCUT2D eigenvalue weighted by molar-refractivity contribution is 0.590. The molecule has 0 amide bonds. The van der Waals surface area contributed by atoms with Gasteiger partial charge >= 0.3 is 0 Å². The van der Waals surface area contributed by atoms with Crippen molar-refractivity contribution in [3.8, 4) is 22.7 Å². The number of hydrogen-bond acceptors (Lipinski definition) is 2. The summed E-state index contributed by atoms with van der Waals surface area (Å²) in [6.07, 6.45) is 0. The van der Waals surface area contributed by atoms with E-state index in [1.165, 1.54) is 143 Å². The van der Waals surface area contributed by atoms with Crippen molar-refractivity contribution in [2.45, 2.75) is 53.9 Å². The Hall–Kier alpha value is -11.3. The molecular formula is C86H65BN6. The van der Waals surface area contributed by atoms with Crippen LogP contribution in [0.2, 0.25) is 0 Å². The maximum absolute atomic E-state index is 2.70. The fourth-order valence-electron chi connectivity index (χ4n) is 16.4. The van der Waals surface area contributed by atoms with Gasteiger partial charge in [-0.2, -0.15) is 0 Å². The molecular weight excluding hydrogens is 1130 g/mol. The Morgan fingerprint density at radius 1 is 0.258 bits per heavy atom. The molecule has 17 aromatic rings. The summed E-state index contributed by atoms with van der Waals surface area (Å²) in [5.74, 6) is 0. The van der Waals surface area contributed by atoms with E-state index >= 15 is 0 Å². The van der Waals surface area contributed by atoms with Crippen molar-refractivity contribution in [1.29, 1.82) is 0 Å². The second-order valence-electron chi connectivity index (χ2n) is 27.3. The lowest BCUT2D eigenvalue weighted by atomic mass is 9.33.